The molecule has 1 heterocycles. The number of hydrogen-bond donors (Lipinski definition) is 2. The quantitative estimate of drug-likeness (QED) is 0.294. The summed E-state index contributed by atoms with van der Waals surface area (Å²) in [5.74, 6) is -2.13. The Labute approximate surface area is 242 Å². The molecule has 10 heteroatoms. The Bertz CT molecular complexity index is 1680. The minimum absolute atomic E-state index is 0.0128. The molecule has 5 rings (SSSR count). The summed E-state index contributed by atoms with van der Waals surface area (Å²) in [6.45, 7) is 6.38. The van der Waals surface area contributed by atoms with Gasteiger partial charge in [0.15, 0.2) is 0 Å². The fraction of sp³-hybridized carbons (Fsp3) is 0.312. The lowest BCUT2D eigenvalue weighted by Crippen LogP contribution is -2.46. The lowest BCUT2D eigenvalue weighted by Gasteiger charge is -2.22. The highest BCUT2D eigenvalue weighted by Crippen LogP contribution is 2.44. The summed E-state index contributed by atoms with van der Waals surface area (Å²) in [5, 5.41) is 12.4. The molecule has 0 saturated carbocycles. The predicted molar refractivity (Wildman–Crippen MR) is 156 cm³/mol. The Hall–Kier alpha value is -4.86. The Balaban J connectivity index is 1.35. The Morgan fingerprint density at radius 3 is 2.02 bits per heavy atom. The van der Waals surface area contributed by atoms with Gasteiger partial charge in [0.1, 0.15) is 24.3 Å². The molecule has 2 atom stereocenters. The minimum Gasteiger partial charge on any atom is -0.480 e. The largest absolute Gasteiger partial charge is 0.480 e. The number of ether oxygens (including phenoxy) is 2. The van der Waals surface area contributed by atoms with Crippen molar-refractivity contribution < 1.29 is 29.0 Å². The zero-order valence-electron chi connectivity index (χ0n) is 23.9. The lowest BCUT2D eigenvalue weighted by molar-refractivity contribution is -0.158. The second-order valence-corrected chi connectivity index (χ2v) is 11.3. The fourth-order valence-electron chi connectivity index (χ4n) is 5.43. The number of rotatable bonds is 8. The predicted octanol–water partition coefficient (Wildman–Crippen LogP) is 4.70. The number of aromatic nitrogens is 2. The Morgan fingerprint density at radius 2 is 1.45 bits per heavy atom. The van der Waals surface area contributed by atoms with Gasteiger partial charge in [-0.2, -0.15) is 0 Å². The Morgan fingerprint density at radius 1 is 0.905 bits per heavy atom. The van der Waals surface area contributed by atoms with Crippen molar-refractivity contribution in [2.24, 2.45) is 0 Å². The monoisotopic (exact) mass is 571 g/mol. The summed E-state index contributed by atoms with van der Waals surface area (Å²) in [7, 11) is 0. The second kappa shape index (κ2) is 11.2. The van der Waals surface area contributed by atoms with Crippen LogP contribution in [-0.4, -0.2) is 50.5 Å². The van der Waals surface area contributed by atoms with Gasteiger partial charge in [0.2, 0.25) is 0 Å². The standard InChI is InChI=1S/C32H33N3O7/c1-19(29(38)42-32(2,3)4)35-27-16-10-9-15-26(27)34(31(35)40)17-25(28(36)37)33-30(39)41-18-24-22-13-7-5-11-20(22)21-12-6-8-14-23(21)24/h5-16,19,24-25H,17-18H2,1-4H3,(H,33,39)(H,36,37)/t19-,25-/m1/s1. The van der Waals surface area contributed by atoms with Crippen molar-refractivity contribution in [3.63, 3.8) is 0 Å². The molecular weight excluding hydrogens is 538 g/mol. The zero-order chi connectivity index (χ0) is 30.2. The molecular formula is C32H33N3O7. The first-order chi connectivity index (χ1) is 20.0. The number of nitrogens with zero attached hydrogens (tertiary/aromatic N) is 2. The number of alkyl carbamates (subject to hydrolysis) is 1. The van der Waals surface area contributed by atoms with Gasteiger partial charge in [-0.25, -0.2) is 19.2 Å². The number of fused-ring (bicyclic) bond motifs is 4. The molecule has 1 amide bonds. The van der Waals surface area contributed by atoms with E-state index < -0.39 is 41.4 Å². The highest BCUT2D eigenvalue weighted by molar-refractivity contribution is 5.83. The van der Waals surface area contributed by atoms with Crippen molar-refractivity contribution in [1.82, 2.24) is 14.5 Å². The van der Waals surface area contributed by atoms with Crippen LogP contribution in [0.1, 0.15) is 50.8 Å². The van der Waals surface area contributed by atoms with E-state index in [1.807, 2.05) is 48.5 Å². The van der Waals surface area contributed by atoms with E-state index in [1.54, 1.807) is 52.0 Å². The maximum Gasteiger partial charge on any atom is 0.407 e. The van der Waals surface area contributed by atoms with Gasteiger partial charge in [-0.15, -0.1) is 0 Å². The second-order valence-electron chi connectivity index (χ2n) is 11.3. The van der Waals surface area contributed by atoms with Crippen molar-refractivity contribution in [3.8, 4) is 11.1 Å². The molecule has 4 aromatic rings. The van der Waals surface area contributed by atoms with E-state index >= 15 is 0 Å². The summed E-state index contributed by atoms with van der Waals surface area (Å²) in [6.07, 6.45) is -0.914. The van der Waals surface area contributed by atoms with Gasteiger partial charge in [-0.05, 0) is 62.1 Å². The number of hydrogen-bond acceptors (Lipinski definition) is 6. The topological polar surface area (TPSA) is 129 Å². The molecule has 2 N–H and O–H groups in total. The molecule has 0 aliphatic heterocycles. The molecule has 10 nitrogen and oxygen atoms in total. The molecule has 0 saturated heterocycles. The molecule has 218 valence electrons. The number of para-hydroxylation sites is 2. The van der Waals surface area contributed by atoms with Crippen molar-refractivity contribution in [2.75, 3.05) is 6.61 Å². The molecule has 42 heavy (non-hydrogen) atoms. The molecule has 0 bridgehead atoms. The summed E-state index contributed by atoms with van der Waals surface area (Å²) in [4.78, 5) is 51.5. The fourth-order valence-corrected chi connectivity index (χ4v) is 5.43. The molecule has 1 aliphatic rings. The van der Waals surface area contributed by atoms with E-state index in [0.717, 1.165) is 22.3 Å². The Kier molecular flexibility index (Phi) is 7.64. The molecule has 0 fully saturated rings. The molecule has 1 aromatic heterocycles. The highest BCUT2D eigenvalue weighted by atomic mass is 16.6. The number of carboxylic acids is 1. The van der Waals surface area contributed by atoms with E-state index in [2.05, 4.69) is 5.32 Å². The lowest BCUT2D eigenvalue weighted by atomic mass is 9.98. The van der Waals surface area contributed by atoms with Crippen LogP contribution in [0.15, 0.2) is 77.6 Å². The van der Waals surface area contributed by atoms with Crippen LogP contribution in [0.4, 0.5) is 4.79 Å². The highest BCUT2D eigenvalue weighted by Gasteiger charge is 2.31. The van der Waals surface area contributed by atoms with E-state index in [1.165, 1.54) is 9.13 Å². The number of imidazole rings is 1. The summed E-state index contributed by atoms with van der Waals surface area (Å²) in [5.41, 5.74) is 3.69. The average Bonchev–Trinajstić information content (AvgIpc) is 3.41. The third-order valence-corrected chi connectivity index (χ3v) is 7.30. The van der Waals surface area contributed by atoms with Crippen LogP contribution in [0.5, 0.6) is 0 Å². The van der Waals surface area contributed by atoms with Gasteiger partial charge >= 0.3 is 23.7 Å². The number of benzene rings is 3. The number of carbonyl (C=O) groups excluding carboxylic acids is 2. The summed E-state index contributed by atoms with van der Waals surface area (Å²) < 4.78 is 13.5. The first-order valence-corrected chi connectivity index (χ1v) is 13.7. The SMILES string of the molecule is C[C@H](C(=O)OC(C)(C)C)n1c(=O)n(C[C@@H](NC(=O)OCC2c3ccccc3-c3ccccc32)C(=O)O)c2ccccc21. The van der Waals surface area contributed by atoms with Crippen LogP contribution in [0.25, 0.3) is 22.2 Å². The van der Waals surface area contributed by atoms with Gasteiger partial charge in [0.05, 0.1) is 17.6 Å². The number of amides is 1. The van der Waals surface area contributed by atoms with Gasteiger partial charge in [0, 0.05) is 5.92 Å². The van der Waals surface area contributed by atoms with Crippen molar-refractivity contribution in [3.05, 3.63) is 94.4 Å². The van der Waals surface area contributed by atoms with E-state index in [0.29, 0.717) is 11.0 Å². The molecule has 0 spiro atoms. The van der Waals surface area contributed by atoms with Crippen LogP contribution in [0.3, 0.4) is 0 Å². The van der Waals surface area contributed by atoms with Crippen molar-refractivity contribution >= 4 is 29.1 Å². The van der Waals surface area contributed by atoms with E-state index in [4.69, 9.17) is 9.47 Å². The summed E-state index contributed by atoms with van der Waals surface area (Å²) >= 11 is 0. The first-order valence-electron chi connectivity index (χ1n) is 13.7. The third kappa shape index (κ3) is 5.52. The smallest absolute Gasteiger partial charge is 0.407 e. The molecule has 1 aliphatic carbocycles. The maximum atomic E-state index is 13.6. The number of nitrogens with one attached hydrogen (secondary N) is 1. The van der Waals surface area contributed by atoms with Crippen LogP contribution >= 0.6 is 0 Å². The average molecular weight is 572 g/mol. The van der Waals surface area contributed by atoms with Crippen LogP contribution in [0, 0.1) is 0 Å². The normalized spacial score (nSPS) is 14.1. The van der Waals surface area contributed by atoms with Crippen LogP contribution < -0.4 is 11.0 Å². The number of aliphatic carboxylic acids is 1. The number of esters is 1. The zero-order valence-corrected chi connectivity index (χ0v) is 23.9. The van der Waals surface area contributed by atoms with Gasteiger partial charge in [-0.1, -0.05) is 60.7 Å². The van der Waals surface area contributed by atoms with Crippen LogP contribution in [-0.2, 0) is 25.6 Å². The van der Waals surface area contributed by atoms with Gasteiger partial charge < -0.3 is 19.9 Å². The third-order valence-electron chi connectivity index (χ3n) is 7.30. The number of carboxylic acid groups (broad SMARTS) is 1. The van der Waals surface area contributed by atoms with Crippen molar-refractivity contribution in [1.29, 1.82) is 0 Å². The maximum absolute atomic E-state index is 13.6. The van der Waals surface area contributed by atoms with E-state index in [-0.39, 0.29) is 19.1 Å². The van der Waals surface area contributed by atoms with Crippen LogP contribution in [0.2, 0.25) is 0 Å². The minimum atomic E-state index is -1.48. The first kappa shape index (κ1) is 28.7. The summed E-state index contributed by atoms with van der Waals surface area (Å²) in [6, 6.07) is 20.1. The van der Waals surface area contributed by atoms with Crippen molar-refractivity contribution in [2.45, 2.75) is 57.8 Å². The van der Waals surface area contributed by atoms with Gasteiger partial charge in [-0.3, -0.25) is 9.13 Å². The molecule has 3 aromatic carbocycles. The van der Waals surface area contributed by atoms with E-state index in [9.17, 15) is 24.3 Å². The van der Waals surface area contributed by atoms with Gasteiger partial charge in [0.25, 0.3) is 0 Å². The molecule has 0 radical (unpaired) electrons. The number of carbonyl (C=O) groups is 3. The molecule has 0 unspecified atom stereocenters.